The van der Waals surface area contributed by atoms with Crippen LogP contribution < -0.4 is 4.90 Å². The Morgan fingerprint density at radius 3 is 2.35 bits per heavy atom. The summed E-state index contributed by atoms with van der Waals surface area (Å²) in [6.45, 7) is 11.6. The van der Waals surface area contributed by atoms with E-state index in [4.69, 9.17) is 4.74 Å². The van der Waals surface area contributed by atoms with Gasteiger partial charge < -0.3 is 4.74 Å². The average molecular weight is 320 g/mol. The first kappa shape index (κ1) is 17.2. The van der Waals surface area contributed by atoms with E-state index in [1.807, 2.05) is 20.8 Å². The number of amides is 1. The van der Waals surface area contributed by atoms with Crippen molar-refractivity contribution in [2.75, 3.05) is 4.90 Å². The smallest absolute Gasteiger partial charge is 0.415 e. The lowest BCUT2D eigenvalue weighted by Crippen LogP contribution is -2.47. The number of nitro benzene ring substituents is 1. The molecule has 1 atom stereocenters. The number of ether oxygens (including phenoxy) is 1. The van der Waals surface area contributed by atoms with Crippen molar-refractivity contribution in [3.05, 3.63) is 33.9 Å². The van der Waals surface area contributed by atoms with Crippen LogP contribution in [0.4, 0.5) is 16.2 Å². The molecule has 1 aromatic rings. The molecule has 6 heteroatoms. The predicted octanol–water partition coefficient (Wildman–Crippen LogP) is 4.31. The highest BCUT2D eigenvalue weighted by Crippen LogP contribution is 2.41. The Hall–Kier alpha value is -2.11. The molecule has 0 radical (unpaired) electrons. The van der Waals surface area contributed by atoms with Crippen LogP contribution in [0.1, 0.15) is 47.1 Å². The van der Waals surface area contributed by atoms with Gasteiger partial charge in [-0.05, 0) is 44.2 Å². The van der Waals surface area contributed by atoms with Crippen molar-refractivity contribution in [3.8, 4) is 0 Å². The molecule has 23 heavy (non-hydrogen) atoms. The molecule has 1 unspecified atom stereocenters. The fourth-order valence-corrected chi connectivity index (χ4v) is 2.78. The Kier molecular flexibility index (Phi) is 4.13. The van der Waals surface area contributed by atoms with Crippen LogP contribution >= 0.6 is 0 Å². The van der Waals surface area contributed by atoms with E-state index >= 15 is 0 Å². The molecular weight excluding hydrogens is 296 g/mol. The lowest BCUT2D eigenvalue weighted by molar-refractivity contribution is -0.384. The van der Waals surface area contributed by atoms with Crippen molar-refractivity contribution >= 4 is 17.5 Å². The number of carbonyl (C=O) groups is 1. The van der Waals surface area contributed by atoms with Crippen molar-refractivity contribution in [1.82, 2.24) is 0 Å². The normalized spacial score (nSPS) is 17.8. The number of rotatable bonds is 1. The van der Waals surface area contributed by atoms with Gasteiger partial charge in [-0.2, -0.15) is 0 Å². The van der Waals surface area contributed by atoms with Gasteiger partial charge >= 0.3 is 6.09 Å². The largest absolute Gasteiger partial charge is 0.443 e. The van der Waals surface area contributed by atoms with Gasteiger partial charge in [0.15, 0.2) is 0 Å². The molecule has 0 bridgehead atoms. The van der Waals surface area contributed by atoms with Gasteiger partial charge in [-0.1, -0.05) is 20.8 Å². The zero-order valence-electron chi connectivity index (χ0n) is 14.5. The van der Waals surface area contributed by atoms with Crippen LogP contribution in [0, 0.1) is 15.5 Å². The van der Waals surface area contributed by atoms with Crippen molar-refractivity contribution in [2.24, 2.45) is 5.41 Å². The van der Waals surface area contributed by atoms with Crippen molar-refractivity contribution in [2.45, 2.75) is 59.6 Å². The highest BCUT2D eigenvalue weighted by molar-refractivity contribution is 5.92. The summed E-state index contributed by atoms with van der Waals surface area (Å²) in [6, 6.07) is 4.53. The maximum absolute atomic E-state index is 12.7. The van der Waals surface area contributed by atoms with E-state index in [1.165, 1.54) is 6.07 Å². The van der Waals surface area contributed by atoms with E-state index < -0.39 is 16.6 Å². The van der Waals surface area contributed by atoms with Crippen LogP contribution in [0.25, 0.3) is 0 Å². The topological polar surface area (TPSA) is 72.7 Å². The number of nitro groups is 1. The number of fused-ring (bicyclic) bond motifs is 1. The van der Waals surface area contributed by atoms with Crippen molar-refractivity contribution in [3.63, 3.8) is 0 Å². The third-order valence-corrected chi connectivity index (χ3v) is 3.85. The molecule has 1 aliphatic rings. The molecule has 0 spiro atoms. The Bertz CT molecular complexity index is 641. The number of hydrogen-bond acceptors (Lipinski definition) is 4. The number of hydrogen-bond donors (Lipinski definition) is 0. The number of benzene rings is 1. The summed E-state index contributed by atoms with van der Waals surface area (Å²) < 4.78 is 5.53. The molecule has 2 rings (SSSR count). The van der Waals surface area contributed by atoms with E-state index in [0.29, 0.717) is 12.1 Å². The van der Waals surface area contributed by atoms with Crippen molar-refractivity contribution in [1.29, 1.82) is 0 Å². The van der Waals surface area contributed by atoms with Crippen LogP contribution in [0.15, 0.2) is 18.2 Å². The summed E-state index contributed by atoms with van der Waals surface area (Å²) in [4.78, 5) is 24.9. The van der Waals surface area contributed by atoms with E-state index in [-0.39, 0.29) is 17.1 Å². The molecule has 0 fully saturated rings. The summed E-state index contributed by atoms with van der Waals surface area (Å²) in [5.41, 5.74) is 0.783. The summed E-state index contributed by atoms with van der Waals surface area (Å²) in [5.74, 6) is 0. The van der Waals surface area contributed by atoms with Gasteiger partial charge in [-0.15, -0.1) is 0 Å². The minimum absolute atomic E-state index is 0.0439. The molecule has 126 valence electrons. The van der Waals surface area contributed by atoms with Gasteiger partial charge in [0.1, 0.15) is 5.60 Å². The summed E-state index contributed by atoms with van der Waals surface area (Å²) in [5, 5.41) is 11.0. The Morgan fingerprint density at radius 2 is 1.87 bits per heavy atom. The molecular formula is C17H24N2O4. The third kappa shape index (κ3) is 3.63. The minimum Gasteiger partial charge on any atom is -0.443 e. The summed E-state index contributed by atoms with van der Waals surface area (Å²) >= 11 is 0. The highest BCUT2D eigenvalue weighted by atomic mass is 16.6. The SMILES string of the molecule is CC(C)(C)OC(=O)N1c2ccc([N+](=O)[O-])cc2CC1C(C)(C)C. The number of nitrogens with zero attached hydrogens (tertiary/aromatic N) is 2. The summed E-state index contributed by atoms with van der Waals surface area (Å²) in [6.07, 6.45) is 0.171. The first-order valence-electron chi connectivity index (χ1n) is 7.70. The standard InChI is InChI=1S/C17H24N2O4/c1-16(2,3)14-10-11-9-12(19(21)22)7-8-13(11)18(14)15(20)23-17(4,5)6/h7-9,14H,10H2,1-6H3. The monoisotopic (exact) mass is 320 g/mol. The van der Waals surface area contributed by atoms with Gasteiger partial charge in [0.05, 0.1) is 10.6 Å². The number of anilines is 1. The zero-order chi connectivity index (χ0) is 17.6. The first-order valence-corrected chi connectivity index (χ1v) is 7.70. The van der Waals surface area contributed by atoms with Crippen molar-refractivity contribution < 1.29 is 14.5 Å². The minimum atomic E-state index is -0.594. The van der Waals surface area contributed by atoms with Gasteiger partial charge in [-0.3, -0.25) is 15.0 Å². The fourth-order valence-electron chi connectivity index (χ4n) is 2.78. The van der Waals surface area contributed by atoms with E-state index in [2.05, 4.69) is 20.8 Å². The zero-order valence-corrected chi connectivity index (χ0v) is 14.5. The number of carbonyl (C=O) groups excluding carboxylic acids is 1. The summed E-state index contributed by atoms with van der Waals surface area (Å²) in [7, 11) is 0. The Labute approximate surface area is 136 Å². The molecule has 0 saturated carbocycles. The molecule has 0 aliphatic carbocycles. The second-order valence-corrected chi connectivity index (χ2v) is 8.01. The molecule has 1 amide bonds. The van der Waals surface area contributed by atoms with Gasteiger partial charge in [0, 0.05) is 18.2 Å². The van der Waals surface area contributed by atoms with E-state index in [0.717, 1.165) is 5.56 Å². The lowest BCUT2D eigenvalue weighted by Gasteiger charge is -2.36. The van der Waals surface area contributed by atoms with E-state index in [1.54, 1.807) is 17.0 Å². The van der Waals surface area contributed by atoms with Crippen LogP contribution in [0.2, 0.25) is 0 Å². The molecule has 0 aromatic heterocycles. The molecule has 1 aliphatic heterocycles. The number of non-ortho nitro benzene ring substituents is 1. The average Bonchev–Trinajstić information content (AvgIpc) is 2.74. The molecule has 0 saturated heterocycles. The quantitative estimate of drug-likeness (QED) is 0.571. The van der Waals surface area contributed by atoms with Crippen LogP contribution in [0.5, 0.6) is 0 Å². The molecule has 6 nitrogen and oxygen atoms in total. The second-order valence-electron chi connectivity index (χ2n) is 8.01. The lowest BCUT2D eigenvalue weighted by atomic mass is 9.84. The maximum atomic E-state index is 12.7. The molecule has 1 heterocycles. The second kappa shape index (κ2) is 5.51. The van der Waals surface area contributed by atoms with Crippen LogP contribution in [-0.4, -0.2) is 22.7 Å². The maximum Gasteiger partial charge on any atom is 0.415 e. The van der Waals surface area contributed by atoms with Crippen LogP contribution in [-0.2, 0) is 11.2 Å². The Balaban J connectivity index is 2.45. The Morgan fingerprint density at radius 1 is 1.26 bits per heavy atom. The van der Waals surface area contributed by atoms with Gasteiger partial charge in [0.25, 0.3) is 5.69 Å². The third-order valence-electron chi connectivity index (χ3n) is 3.85. The van der Waals surface area contributed by atoms with Crippen LogP contribution in [0.3, 0.4) is 0 Å². The fraction of sp³-hybridized carbons (Fsp3) is 0.588. The van der Waals surface area contributed by atoms with Gasteiger partial charge in [-0.25, -0.2) is 4.79 Å². The van der Waals surface area contributed by atoms with Gasteiger partial charge in [0.2, 0.25) is 0 Å². The van der Waals surface area contributed by atoms with E-state index in [9.17, 15) is 14.9 Å². The highest BCUT2D eigenvalue weighted by Gasteiger charge is 2.42. The first-order chi connectivity index (χ1) is 10.4. The molecule has 0 N–H and O–H groups in total. The molecule has 1 aromatic carbocycles. The predicted molar refractivity (Wildman–Crippen MR) is 88.8 cm³/mol.